The molecule has 1 aromatic carbocycles. The summed E-state index contributed by atoms with van der Waals surface area (Å²) in [6.07, 6.45) is 6.00. The highest BCUT2D eigenvalue weighted by Gasteiger charge is 2.62. The number of alkyl carbamates (subject to hydrolysis) is 1. The molecule has 1 aromatic rings. The molecule has 16 heteroatoms. The average molecular weight is 729 g/mol. The molecule has 1 saturated heterocycles. The molecule has 4 N–H and O–H groups in total. The third-order valence-corrected chi connectivity index (χ3v) is 10.9. The van der Waals surface area contributed by atoms with E-state index in [9.17, 15) is 32.4 Å². The highest BCUT2D eigenvalue weighted by Crippen LogP contribution is 2.46. The Bertz CT molecular complexity index is 1660. The van der Waals surface area contributed by atoms with E-state index in [1.165, 1.54) is 4.90 Å². The van der Waals surface area contributed by atoms with Gasteiger partial charge in [-0.2, -0.15) is 13.1 Å². The number of amides is 5. The minimum absolute atomic E-state index is 0.0665. The number of ether oxygens (including phenoxy) is 2. The summed E-state index contributed by atoms with van der Waals surface area (Å²) in [7, 11) is -4.17. The SMILES string of the molecule is CC(C)(C)OC(=O)N[C@H]1CCCCC/C=C\[C@H]2C[C@@]2(C(=O)NS(=O)(=O)NC2CC2)NC(=O)[C@@H]2C[C@@H](OC(=O)N3Cc4ccccc4C3)CN2C1=O. The number of hydrogen-bond acceptors (Lipinski definition) is 9. The minimum atomic E-state index is -4.17. The van der Waals surface area contributed by atoms with Crippen LogP contribution >= 0.6 is 0 Å². The van der Waals surface area contributed by atoms with Gasteiger partial charge in [0.15, 0.2) is 0 Å². The van der Waals surface area contributed by atoms with Crippen molar-refractivity contribution < 1.29 is 41.9 Å². The van der Waals surface area contributed by atoms with Gasteiger partial charge in [-0.1, -0.05) is 49.3 Å². The fourth-order valence-electron chi connectivity index (χ4n) is 6.96. The van der Waals surface area contributed by atoms with Crippen molar-refractivity contribution in [1.29, 1.82) is 0 Å². The Morgan fingerprint density at radius 3 is 2.37 bits per heavy atom. The summed E-state index contributed by atoms with van der Waals surface area (Å²) >= 11 is 0. The molecule has 0 aromatic heterocycles. The molecule has 278 valence electrons. The van der Waals surface area contributed by atoms with Gasteiger partial charge in [-0.15, -0.1) is 0 Å². The first kappa shape index (κ1) is 36.6. The van der Waals surface area contributed by atoms with Crippen LogP contribution in [0.25, 0.3) is 0 Å². The third kappa shape index (κ3) is 9.01. The molecule has 2 saturated carbocycles. The maximum absolute atomic E-state index is 14.3. The Morgan fingerprint density at radius 1 is 1.00 bits per heavy atom. The first-order chi connectivity index (χ1) is 24.1. The molecule has 3 aliphatic heterocycles. The van der Waals surface area contributed by atoms with E-state index in [2.05, 4.69) is 20.1 Å². The Labute approximate surface area is 298 Å². The highest BCUT2D eigenvalue weighted by atomic mass is 32.2. The Kier molecular flexibility index (Phi) is 10.4. The summed E-state index contributed by atoms with van der Waals surface area (Å²) in [6, 6.07) is 5.21. The third-order valence-electron chi connectivity index (χ3n) is 9.83. The number of fused-ring (bicyclic) bond motifs is 3. The summed E-state index contributed by atoms with van der Waals surface area (Å²) in [5, 5.41) is 5.49. The van der Waals surface area contributed by atoms with Crippen LogP contribution in [0.5, 0.6) is 0 Å². The fraction of sp³-hybridized carbons (Fsp3) is 0.629. The molecule has 0 bridgehead atoms. The molecule has 3 heterocycles. The minimum Gasteiger partial charge on any atom is -0.444 e. The molecule has 51 heavy (non-hydrogen) atoms. The van der Waals surface area contributed by atoms with Crippen molar-refractivity contribution in [2.45, 2.75) is 127 Å². The lowest BCUT2D eigenvalue weighted by atomic mass is 10.0. The van der Waals surface area contributed by atoms with Crippen LogP contribution < -0.4 is 20.1 Å². The molecule has 2 aliphatic carbocycles. The van der Waals surface area contributed by atoms with Crippen molar-refractivity contribution in [1.82, 2.24) is 29.9 Å². The summed E-state index contributed by atoms with van der Waals surface area (Å²) in [6.45, 7) is 5.73. The maximum atomic E-state index is 14.3. The average Bonchev–Trinajstić information content (AvgIpc) is 3.88. The fourth-order valence-corrected chi connectivity index (χ4v) is 8.12. The van der Waals surface area contributed by atoms with Gasteiger partial charge in [-0.05, 0) is 70.4 Å². The van der Waals surface area contributed by atoms with E-state index < -0.39 is 75.4 Å². The molecule has 5 amide bonds. The number of benzene rings is 1. The van der Waals surface area contributed by atoms with E-state index in [0.717, 1.165) is 24.0 Å². The summed E-state index contributed by atoms with van der Waals surface area (Å²) in [5.41, 5.74) is -0.373. The molecule has 5 aliphatic rings. The number of rotatable bonds is 6. The van der Waals surface area contributed by atoms with Crippen LogP contribution in [0.2, 0.25) is 0 Å². The van der Waals surface area contributed by atoms with Gasteiger partial charge >= 0.3 is 22.4 Å². The van der Waals surface area contributed by atoms with Gasteiger partial charge < -0.3 is 25.0 Å². The van der Waals surface area contributed by atoms with Crippen LogP contribution in [0.1, 0.15) is 89.7 Å². The van der Waals surface area contributed by atoms with Crippen molar-refractivity contribution in [2.24, 2.45) is 5.92 Å². The largest absolute Gasteiger partial charge is 0.444 e. The van der Waals surface area contributed by atoms with E-state index >= 15 is 0 Å². The molecule has 6 rings (SSSR count). The molecule has 5 atom stereocenters. The van der Waals surface area contributed by atoms with Gasteiger partial charge in [0.1, 0.15) is 29.3 Å². The number of carbonyl (C=O) groups is 5. The number of hydrogen-bond donors (Lipinski definition) is 4. The summed E-state index contributed by atoms with van der Waals surface area (Å²) < 4.78 is 41.3. The van der Waals surface area contributed by atoms with E-state index in [1.807, 2.05) is 36.4 Å². The summed E-state index contributed by atoms with van der Waals surface area (Å²) in [5.74, 6) is -2.59. The Hall–Kier alpha value is -4.18. The summed E-state index contributed by atoms with van der Waals surface area (Å²) in [4.78, 5) is 71.2. The number of allylic oxidation sites excluding steroid dienone is 1. The standard InChI is InChI=1S/C35H48N6O9S/c1-34(2,3)50-32(45)36-27-14-8-6-4-5-7-13-24-18-35(24,31(44)39-51(47,48)38-25-15-16-25)37-29(42)28-17-26(21-41(28)30(27)43)49-33(46)40-19-22-11-9-10-12-23(22)20-40/h7,9-13,24-28,38H,4-6,8,14-21H2,1-3H3,(H,36,45)(H,37,42)(H,39,44)/b13-7-/t24-,26+,27-,28-,35+/m0/s1. The van der Waals surface area contributed by atoms with E-state index in [4.69, 9.17) is 9.47 Å². The molecule has 0 radical (unpaired) electrons. The quantitative estimate of drug-likeness (QED) is 0.319. The van der Waals surface area contributed by atoms with Crippen LogP contribution in [0.15, 0.2) is 36.4 Å². The lowest BCUT2D eigenvalue weighted by molar-refractivity contribution is -0.141. The zero-order valence-electron chi connectivity index (χ0n) is 29.3. The number of nitrogens with one attached hydrogen (secondary N) is 4. The van der Waals surface area contributed by atoms with E-state index in [1.54, 1.807) is 25.7 Å². The molecule has 15 nitrogen and oxygen atoms in total. The van der Waals surface area contributed by atoms with Gasteiger partial charge in [-0.3, -0.25) is 19.3 Å². The van der Waals surface area contributed by atoms with Gasteiger partial charge in [0.05, 0.1) is 6.54 Å². The molecular weight excluding hydrogens is 680 g/mol. The van der Waals surface area contributed by atoms with E-state index in [0.29, 0.717) is 38.8 Å². The zero-order valence-corrected chi connectivity index (χ0v) is 30.1. The van der Waals surface area contributed by atoms with Crippen molar-refractivity contribution in [3.63, 3.8) is 0 Å². The number of nitrogens with zero attached hydrogens (tertiary/aromatic N) is 2. The second kappa shape index (κ2) is 14.4. The van der Waals surface area contributed by atoms with Crippen molar-refractivity contribution in [3.8, 4) is 0 Å². The smallest absolute Gasteiger partial charge is 0.410 e. The molecular formula is C35H48N6O9S. The topological polar surface area (TPSA) is 193 Å². The lowest BCUT2D eigenvalue weighted by Gasteiger charge is -2.30. The van der Waals surface area contributed by atoms with Crippen LogP contribution in [0, 0.1) is 5.92 Å². The maximum Gasteiger partial charge on any atom is 0.410 e. The Morgan fingerprint density at radius 2 is 1.71 bits per heavy atom. The predicted molar refractivity (Wildman–Crippen MR) is 184 cm³/mol. The van der Waals surface area contributed by atoms with Gasteiger partial charge in [0.25, 0.3) is 5.91 Å². The van der Waals surface area contributed by atoms with Gasteiger partial charge in [0.2, 0.25) is 11.8 Å². The number of carbonyl (C=O) groups excluding carboxylic acids is 5. The monoisotopic (exact) mass is 728 g/mol. The molecule has 3 fully saturated rings. The lowest BCUT2D eigenvalue weighted by Crippen LogP contribution is -2.59. The van der Waals surface area contributed by atoms with Crippen molar-refractivity contribution in [3.05, 3.63) is 47.5 Å². The predicted octanol–water partition coefficient (Wildman–Crippen LogP) is 2.51. The van der Waals surface area contributed by atoms with Gasteiger partial charge in [0, 0.05) is 31.5 Å². The molecule has 0 unspecified atom stereocenters. The molecule has 0 spiro atoms. The van der Waals surface area contributed by atoms with Crippen LogP contribution in [0.3, 0.4) is 0 Å². The second-order valence-electron chi connectivity index (χ2n) is 15.2. The first-order valence-corrected chi connectivity index (χ1v) is 19.3. The Balaban J connectivity index is 1.24. The first-order valence-electron chi connectivity index (χ1n) is 17.8. The van der Waals surface area contributed by atoms with Crippen LogP contribution in [-0.2, 0) is 47.2 Å². The zero-order chi connectivity index (χ0) is 36.6. The van der Waals surface area contributed by atoms with Crippen LogP contribution in [0.4, 0.5) is 9.59 Å². The second-order valence-corrected chi connectivity index (χ2v) is 16.7. The van der Waals surface area contributed by atoms with Gasteiger partial charge in [-0.25, -0.2) is 14.3 Å². The van der Waals surface area contributed by atoms with Crippen molar-refractivity contribution in [2.75, 3.05) is 6.54 Å². The normalized spacial score (nSPS) is 28.9. The van der Waals surface area contributed by atoms with Crippen LogP contribution in [-0.4, -0.2) is 90.0 Å². The van der Waals surface area contributed by atoms with E-state index in [-0.39, 0.29) is 31.8 Å². The highest BCUT2D eigenvalue weighted by molar-refractivity contribution is 7.88. The van der Waals surface area contributed by atoms with Crippen molar-refractivity contribution >= 4 is 40.1 Å².